The van der Waals surface area contributed by atoms with Crippen molar-refractivity contribution in [3.05, 3.63) is 11.6 Å². The summed E-state index contributed by atoms with van der Waals surface area (Å²) >= 11 is 0. The minimum atomic E-state index is -0.567. The Kier molecular flexibility index (Phi) is 2.47. The molecule has 0 amide bonds. The van der Waals surface area contributed by atoms with Crippen LogP contribution in [0.2, 0.25) is 0 Å². The van der Waals surface area contributed by atoms with Crippen LogP contribution >= 0.6 is 0 Å². The second-order valence-corrected chi connectivity index (χ2v) is 3.31. The van der Waals surface area contributed by atoms with E-state index in [0.717, 1.165) is 12.8 Å². The van der Waals surface area contributed by atoms with E-state index in [-0.39, 0.29) is 0 Å². The van der Waals surface area contributed by atoms with Crippen LogP contribution in [0, 0.1) is 5.92 Å². The van der Waals surface area contributed by atoms with Crippen LogP contribution in [0.25, 0.3) is 0 Å². The van der Waals surface area contributed by atoms with Gasteiger partial charge in [-0.15, -0.1) is 0 Å². The van der Waals surface area contributed by atoms with Gasteiger partial charge in [0.25, 0.3) is 0 Å². The van der Waals surface area contributed by atoms with Gasteiger partial charge in [-0.2, -0.15) is 0 Å². The molecule has 10 heavy (non-hydrogen) atoms. The van der Waals surface area contributed by atoms with Crippen molar-refractivity contribution < 1.29 is 4.39 Å². The van der Waals surface area contributed by atoms with Crippen molar-refractivity contribution >= 4 is 0 Å². The van der Waals surface area contributed by atoms with E-state index in [0.29, 0.717) is 12.3 Å². The zero-order valence-corrected chi connectivity index (χ0v) is 6.73. The van der Waals surface area contributed by atoms with Gasteiger partial charge in [0.15, 0.2) is 0 Å². The molecule has 0 radical (unpaired) electrons. The van der Waals surface area contributed by atoms with Crippen molar-refractivity contribution in [2.45, 2.75) is 39.3 Å². The van der Waals surface area contributed by atoms with Gasteiger partial charge in [0.1, 0.15) is 6.17 Å². The van der Waals surface area contributed by atoms with Crippen LogP contribution < -0.4 is 0 Å². The number of allylic oxidation sites excluding steroid dienone is 2. The fraction of sp³-hybridized carbons (Fsp3) is 0.778. The summed E-state index contributed by atoms with van der Waals surface area (Å²) in [6, 6.07) is 0. The quantitative estimate of drug-likeness (QED) is 0.493. The largest absolute Gasteiger partial charge is 0.247 e. The molecule has 58 valence electrons. The van der Waals surface area contributed by atoms with Crippen molar-refractivity contribution in [3.8, 4) is 0 Å². The summed E-state index contributed by atoms with van der Waals surface area (Å²) < 4.78 is 12.6. The Bertz CT molecular complexity index is 136. The molecule has 0 N–H and O–H groups in total. The molecule has 0 saturated heterocycles. The lowest BCUT2D eigenvalue weighted by Crippen LogP contribution is -2.08. The van der Waals surface area contributed by atoms with Gasteiger partial charge in [-0.25, -0.2) is 4.39 Å². The Hall–Kier alpha value is -0.330. The molecule has 0 aliphatic heterocycles. The van der Waals surface area contributed by atoms with E-state index < -0.39 is 6.17 Å². The minimum absolute atomic E-state index is 0.567. The average Bonchev–Trinajstić information content (AvgIpc) is 1.88. The molecular formula is C9H15F. The van der Waals surface area contributed by atoms with Crippen molar-refractivity contribution in [1.29, 1.82) is 0 Å². The Balaban J connectivity index is 2.48. The van der Waals surface area contributed by atoms with E-state index in [1.54, 1.807) is 0 Å². The molecular weight excluding hydrogens is 127 g/mol. The number of alkyl halides is 1. The Morgan fingerprint density at radius 1 is 1.60 bits per heavy atom. The van der Waals surface area contributed by atoms with Crippen LogP contribution in [-0.4, -0.2) is 6.17 Å². The normalized spacial score (nSPS) is 26.8. The third kappa shape index (κ3) is 1.83. The Morgan fingerprint density at radius 3 is 2.70 bits per heavy atom. The first-order chi connectivity index (χ1) is 4.70. The molecule has 1 unspecified atom stereocenters. The predicted molar refractivity (Wildman–Crippen MR) is 41.7 cm³/mol. The van der Waals surface area contributed by atoms with E-state index in [1.807, 2.05) is 0 Å². The lowest BCUT2D eigenvalue weighted by Gasteiger charge is -2.18. The molecule has 0 aromatic carbocycles. The highest BCUT2D eigenvalue weighted by Crippen LogP contribution is 2.25. The highest BCUT2D eigenvalue weighted by atomic mass is 19.1. The summed E-state index contributed by atoms with van der Waals surface area (Å²) in [6.07, 6.45) is 3.86. The fourth-order valence-electron chi connectivity index (χ4n) is 1.35. The summed E-state index contributed by atoms with van der Waals surface area (Å²) in [4.78, 5) is 0. The van der Waals surface area contributed by atoms with E-state index in [4.69, 9.17) is 0 Å². The molecule has 0 heterocycles. The minimum Gasteiger partial charge on any atom is -0.247 e. The molecule has 1 heteroatoms. The zero-order chi connectivity index (χ0) is 7.56. The lowest BCUT2D eigenvalue weighted by molar-refractivity contribution is 0.303. The van der Waals surface area contributed by atoms with Crippen molar-refractivity contribution in [2.24, 2.45) is 5.92 Å². The summed E-state index contributed by atoms with van der Waals surface area (Å²) in [5.74, 6) is 0.618. The molecule has 1 aliphatic carbocycles. The first kappa shape index (κ1) is 7.77. The maximum atomic E-state index is 12.6. The van der Waals surface area contributed by atoms with Crippen LogP contribution in [0.5, 0.6) is 0 Å². The maximum absolute atomic E-state index is 12.6. The van der Waals surface area contributed by atoms with Crippen molar-refractivity contribution in [1.82, 2.24) is 0 Å². The molecule has 1 rings (SSSR count). The number of halogens is 1. The molecule has 0 spiro atoms. The van der Waals surface area contributed by atoms with Crippen molar-refractivity contribution in [2.75, 3.05) is 0 Å². The van der Waals surface area contributed by atoms with Crippen LogP contribution in [-0.2, 0) is 0 Å². The van der Waals surface area contributed by atoms with Gasteiger partial charge in [0.05, 0.1) is 0 Å². The van der Waals surface area contributed by atoms with Gasteiger partial charge >= 0.3 is 0 Å². The molecule has 1 aliphatic rings. The van der Waals surface area contributed by atoms with Gasteiger partial charge in [-0.3, -0.25) is 0 Å². The van der Waals surface area contributed by atoms with E-state index in [9.17, 15) is 4.39 Å². The second-order valence-electron chi connectivity index (χ2n) is 3.31. The monoisotopic (exact) mass is 142 g/mol. The SMILES string of the molecule is CC(C)C1=CCC(F)CC1. The van der Waals surface area contributed by atoms with Crippen LogP contribution in [0.15, 0.2) is 11.6 Å². The van der Waals surface area contributed by atoms with E-state index in [2.05, 4.69) is 19.9 Å². The maximum Gasteiger partial charge on any atom is 0.104 e. The summed E-state index contributed by atoms with van der Waals surface area (Å²) in [5, 5.41) is 0. The second kappa shape index (κ2) is 3.18. The predicted octanol–water partition coefficient (Wildman–Crippen LogP) is 3.09. The van der Waals surface area contributed by atoms with Crippen LogP contribution in [0.4, 0.5) is 4.39 Å². The summed E-state index contributed by atoms with van der Waals surface area (Å²) in [5.41, 5.74) is 1.44. The number of hydrogen-bond donors (Lipinski definition) is 0. The van der Waals surface area contributed by atoms with Gasteiger partial charge in [0.2, 0.25) is 0 Å². The first-order valence-electron chi connectivity index (χ1n) is 4.03. The fourth-order valence-corrected chi connectivity index (χ4v) is 1.35. The average molecular weight is 142 g/mol. The Morgan fingerprint density at radius 2 is 2.30 bits per heavy atom. The number of rotatable bonds is 1. The standard InChI is InChI=1S/C9H15F/c1-7(2)8-3-5-9(10)6-4-8/h3,7,9H,4-6H2,1-2H3. The zero-order valence-electron chi connectivity index (χ0n) is 6.73. The van der Waals surface area contributed by atoms with Gasteiger partial charge in [-0.05, 0) is 25.2 Å². The summed E-state index contributed by atoms with van der Waals surface area (Å²) in [7, 11) is 0. The van der Waals surface area contributed by atoms with Crippen LogP contribution in [0.3, 0.4) is 0 Å². The highest BCUT2D eigenvalue weighted by molar-refractivity contribution is 5.08. The molecule has 0 bridgehead atoms. The number of hydrogen-bond acceptors (Lipinski definition) is 0. The van der Waals surface area contributed by atoms with Gasteiger partial charge in [-0.1, -0.05) is 25.5 Å². The van der Waals surface area contributed by atoms with Crippen LogP contribution in [0.1, 0.15) is 33.1 Å². The smallest absolute Gasteiger partial charge is 0.104 e. The Labute approximate surface area is 62.1 Å². The molecule has 0 fully saturated rings. The molecule has 0 aromatic heterocycles. The van der Waals surface area contributed by atoms with Gasteiger partial charge in [0, 0.05) is 0 Å². The van der Waals surface area contributed by atoms with Gasteiger partial charge < -0.3 is 0 Å². The van der Waals surface area contributed by atoms with E-state index in [1.165, 1.54) is 5.57 Å². The lowest BCUT2D eigenvalue weighted by atomic mass is 9.91. The van der Waals surface area contributed by atoms with Crippen molar-refractivity contribution in [3.63, 3.8) is 0 Å². The summed E-state index contributed by atoms with van der Waals surface area (Å²) in [6.45, 7) is 4.34. The third-order valence-electron chi connectivity index (χ3n) is 2.12. The van der Waals surface area contributed by atoms with E-state index >= 15 is 0 Å². The molecule has 1 atom stereocenters. The first-order valence-corrected chi connectivity index (χ1v) is 4.03. The molecule has 0 aromatic rings. The molecule has 0 saturated carbocycles. The molecule has 0 nitrogen and oxygen atoms in total. The topological polar surface area (TPSA) is 0 Å². The third-order valence-corrected chi connectivity index (χ3v) is 2.12. The highest BCUT2D eigenvalue weighted by Gasteiger charge is 2.14.